The van der Waals surface area contributed by atoms with Crippen molar-refractivity contribution >= 4 is 29.9 Å². The maximum atomic E-state index is 4.47. The lowest BCUT2D eigenvalue weighted by molar-refractivity contribution is 0.196. The van der Waals surface area contributed by atoms with Crippen LogP contribution in [0.3, 0.4) is 0 Å². The fourth-order valence-electron chi connectivity index (χ4n) is 2.74. The molecule has 0 spiro atoms. The molecule has 0 aliphatic carbocycles. The highest BCUT2D eigenvalue weighted by molar-refractivity contribution is 14.0. The second kappa shape index (κ2) is 8.87. The molecule has 1 aliphatic rings. The summed E-state index contributed by atoms with van der Waals surface area (Å²) in [7, 11) is 6.11. The van der Waals surface area contributed by atoms with E-state index in [-0.39, 0.29) is 29.5 Å². The van der Waals surface area contributed by atoms with E-state index < -0.39 is 0 Å². The van der Waals surface area contributed by atoms with Gasteiger partial charge >= 0.3 is 0 Å². The predicted molar refractivity (Wildman–Crippen MR) is 110 cm³/mol. The smallest absolute Gasteiger partial charge is 0.193 e. The monoisotopic (exact) mass is 430 g/mol. The number of aliphatic imine (C=N–C) groups is 1. The zero-order valence-corrected chi connectivity index (χ0v) is 17.4. The Morgan fingerprint density at radius 1 is 1.30 bits per heavy atom. The predicted octanol–water partition coefficient (Wildman–Crippen LogP) is 3.01. The van der Waals surface area contributed by atoms with Crippen molar-refractivity contribution < 1.29 is 0 Å². The van der Waals surface area contributed by atoms with Gasteiger partial charge in [0.1, 0.15) is 0 Å². The van der Waals surface area contributed by atoms with Crippen molar-refractivity contribution in [3.05, 3.63) is 35.9 Å². The van der Waals surface area contributed by atoms with Gasteiger partial charge in [0.25, 0.3) is 0 Å². The number of likely N-dealkylation sites (tertiary alicyclic amines) is 1. The number of hydrogen-bond acceptors (Lipinski definition) is 2. The van der Waals surface area contributed by atoms with Crippen molar-refractivity contribution in [1.29, 1.82) is 0 Å². The Morgan fingerprint density at radius 3 is 2.52 bits per heavy atom. The zero-order valence-electron chi connectivity index (χ0n) is 15.0. The van der Waals surface area contributed by atoms with E-state index in [0.717, 1.165) is 25.6 Å². The summed E-state index contributed by atoms with van der Waals surface area (Å²) in [5.41, 5.74) is 1.54. The van der Waals surface area contributed by atoms with Crippen molar-refractivity contribution in [2.24, 2.45) is 4.99 Å². The second-order valence-electron chi connectivity index (χ2n) is 6.95. The Balaban J connectivity index is 0.00000264. The Bertz CT molecular complexity index is 499. The number of nitrogens with one attached hydrogen (secondary N) is 1. The summed E-state index contributed by atoms with van der Waals surface area (Å²) in [6.07, 6.45) is 1.20. The standard InChI is InChI=1S/C18H30N4.HI/c1-18(2,21(4)5)14-20-17(19-3)22-12-11-16(13-22)15-9-7-6-8-10-15;/h6-10,16H,11-14H2,1-5H3,(H,19,20);1H. The molecule has 23 heavy (non-hydrogen) atoms. The van der Waals surface area contributed by atoms with E-state index in [0.29, 0.717) is 5.92 Å². The topological polar surface area (TPSA) is 30.9 Å². The SMILES string of the molecule is CN=C(NCC(C)(C)N(C)C)N1CCC(c2ccccc2)C1.I. The molecular formula is C18H31IN4. The van der Waals surface area contributed by atoms with E-state index in [1.807, 2.05) is 7.05 Å². The summed E-state index contributed by atoms with van der Waals surface area (Å²) in [5.74, 6) is 1.63. The normalized spacial score (nSPS) is 19.0. The van der Waals surface area contributed by atoms with Gasteiger partial charge in [-0.1, -0.05) is 30.3 Å². The van der Waals surface area contributed by atoms with E-state index in [4.69, 9.17) is 0 Å². The Labute approximate surface area is 158 Å². The molecule has 4 nitrogen and oxygen atoms in total. The number of guanidine groups is 1. The maximum Gasteiger partial charge on any atom is 0.193 e. The molecule has 0 amide bonds. The molecule has 1 unspecified atom stereocenters. The van der Waals surface area contributed by atoms with Crippen LogP contribution < -0.4 is 5.32 Å². The minimum absolute atomic E-state index is 0. The molecule has 130 valence electrons. The molecule has 2 rings (SSSR count). The number of rotatable bonds is 4. The van der Waals surface area contributed by atoms with Crippen molar-refractivity contribution in [1.82, 2.24) is 15.1 Å². The third-order valence-electron chi connectivity index (χ3n) is 4.86. The number of hydrogen-bond donors (Lipinski definition) is 1. The molecule has 1 aromatic rings. The fraction of sp³-hybridized carbons (Fsp3) is 0.611. The summed E-state index contributed by atoms with van der Waals surface area (Å²) in [6, 6.07) is 10.8. The van der Waals surface area contributed by atoms with Crippen LogP contribution in [0.4, 0.5) is 0 Å². The number of halogens is 1. The molecule has 1 N–H and O–H groups in total. The molecule has 0 radical (unpaired) electrons. The highest BCUT2D eigenvalue weighted by Gasteiger charge is 2.27. The van der Waals surface area contributed by atoms with Crippen molar-refractivity contribution in [3.63, 3.8) is 0 Å². The Kier molecular flexibility index (Phi) is 7.80. The number of benzene rings is 1. The largest absolute Gasteiger partial charge is 0.354 e. The summed E-state index contributed by atoms with van der Waals surface area (Å²) in [4.78, 5) is 9.09. The van der Waals surface area contributed by atoms with E-state index >= 15 is 0 Å². The summed E-state index contributed by atoms with van der Waals surface area (Å²) in [5, 5.41) is 3.54. The van der Waals surface area contributed by atoms with Gasteiger partial charge in [-0.15, -0.1) is 24.0 Å². The van der Waals surface area contributed by atoms with Gasteiger partial charge in [-0.25, -0.2) is 0 Å². The van der Waals surface area contributed by atoms with Crippen LogP contribution in [0.5, 0.6) is 0 Å². The van der Waals surface area contributed by atoms with Gasteiger partial charge in [-0.05, 0) is 39.9 Å². The van der Waals surface area contributed by atoms with Crippen molar-refractivity contribution in [2.75, 3.05) is 40.8 Å². The lowest BCUT2D eigenvalue weighted by Gasteiger charge is -2.34. The summed E-state index contributed by atoms with van der Waals surface area (Å²) >= 11 is 0. The first kappa shape index (κ1) is 20.2. The van der Waals surface area contributed by atoms with Gasteiger partial charge in [-0.3, -0.25) is 4.99 Å². The van der Waals surface area contributed by atoms with Gasteiger partial charge in [0.2, 0.25) is 0 Å². The molecule has 0 aromatic heterocycles. The van der Waals surface area contributed by atoms with Crippen LogP contribution in [-0.2, 0) is 0 Å². The van der Waals surface area contributed by atoms with Crippen molar-refractivity contribution in [2.45, 2.75) is 31.7 Å². The average molecular weight is 430 g/mol. The third-order valence-corrected chi connectivity index (χ3v) is 4.86. The third kappa shape index (κ3) is 5.35. The van der Waals surface area contributed by atoms with Crippen molar-refractivity contribution in [3.8, 4) is 0 Å². The summed E-state index contributed by atoms with van der Waals surface area (Å²) in [6.45, 7) is 7.49. The summed E-state index contributed by atoms with van der Waals surface area (Å²) < 4.78 is 0. The van der Waals surface area contributed by atoms with Gasteiger partial charge in [0.15, 0.2) is 5.96 Å². The first-order valence-electron chi connectivity index (χ1n) is 8.12. The Hall–Kier alpha value is -0.820. The quantitative estimate of drug-likeness (QED) is 0.453. The van der Waals surface area contributed by atoms with Crippen LogP contribution >= 0.6 is 24.0 Å². The highest BCUT2D eigenvalue weighted by Crippen LogP contribution is 2.26. The van der Waals surface area contributed by atoms with Crippen LogP contribution in [0.15, 0.2) is 35.3 Å². The van der Waals surface area contributed by atoms with E-state index in [1.165, 1.54) is 12.0 Å². The fourth-order valence-corrected chi connectivity index (χ4v) is 2.74. The second-order valence-corrected chi connectivity index (χ2v) is 6.95. The molecule has 5 heteroatoms. The minimum atomic E-state index is 0. The van der Waals surface area contributed by atoms with Gasteiger partial charge in [0.05, 0.1) is 0 Å². The van der Waals surface area contributed by atoms with Gasteiger partial charge in [-0.2, -0.15) is 0 Å². The lowest BCUT2D eigenvalue weighted by Crippen LogP contribution is -2.51. The molecule has 1 heterocycles. The van der Waals surface area contributed by atoms with Crippen LogP contribution in [0.1, 0.15) is 31.7 Å². The molecule has 1 aromatic carbocycles. The average Bonchev–Trinajstić information content (AvgIpc) is 2.98. The molecular weight excluding hydrogens is 399 g/mol. The molecule has 0 saturated carbocycles. The molecule has 1 atom stereocenters. The molecule has 1 aliphatic heterocycles. The molecule has 1 saturated heterocycles. The maximum absolute atomic E-state index is 4.47. The highest BCUT2D eigenvalue weighted by atomic mass is 127. The van der Waals surface area contributed by atoms with Crippen LogP contribution in [-0.4, -0.2) is 62.1 Å². The van der Waals surface area contributed by atoms with Gasteiger partial charge in [0, 0.05) is 38.1 Å². The minimum Gasteiger partial charge on any atom is -0.354 e. The lowest BCUT2D eigenvalue weighted by atomic mass is 9.99. The van der Waals surface area contributed by atoms with Crippen LogP contribution in [0, 0.1) is 0 Å². The number of nitrogens with zero attached hydrogens (tertiary/aromatic N) is 3. The first-order chi connectivity index (χ1) is 10.4. The molecule has 0 bridgehead atoms. The molecule has 1 fully saturated rings. The van der Waals surface area contributed by atoms with E-state index in [1.54, 1.807) is 0 Å². The van der Waals surface area contributed by atoms with Crippen LogP contribution in [0.25, 0.3) is 0 Å². The van der Waals surface area contributed by atoms with Gasteiger partial charge < -0.3 is 15.1 Å². The van der Waals surface area contributed by atoms with Crippen LogP contribution in [0.2, 0.25) is 0 Å². The number of likely N-dealkylation sites (N-methyl/N-ethyl adjacent to an activating group) is 1. The zero-order chi connectivity index (χ0) is 16.2. The van der Waals surface area contributed by atoms with E-state index in [9.17, 15) is 0 Å². The van der Waals surface area contributed by atoms with E-state index in [2.05, 4.69) is 78.4 Å². The first-order valence-corrected chi connectivity index (χ1v) is 8.12. The Morgan fingerprint density at radius 2 is 1.96 bits per heavy atom.